The molecule has 0 saturated carbocycles. The molecule has 0 saturated heterocycles. The van der Waals surface area contributed by atoms with Gasteiger partial charge in [0.2, 0.25) is 5.13 Å². The molecule has 0 bridgehead atoms. The van der Waals surface area contributed by atoms with Crippen molar-refractivity contribution in [2.45, 2.75) is 26.3 Å². The fraction of sp³-hybridized carbons (Fsp3) is 0.750. The molecule has 0 fully saturated rings. The number of aromatic nitrogens is 2. The molecule has 5 heteroatoms. The van der Waals surface area contributed by atoms with Crippen LogP contribution in [0.4, 0.5) is 5.13 Å². The monoisotopic (exact) mass is 201 g/mol. The van der Waals surface area contributed by atoms with Gasteiger partial charge in [0, 0.05) is 18.6 Å². The molecule has 0 aliphatic rings. The summed E-state index contributed by atoms with van der Waals surface area (Å²) in [4.78, 5) is 6.19. The zero-order chi connectivity index (χ0) is 10.1. The standard InChI is InChI=1S/C8H15N3OS/c1-6-9-7(13-10-6)11(4)8(2,3)5-12/h12H,5H2,1-4H3. The molecule has 1 aromatic heterocycles. The van der Waals surface area contributed by atoms with Crippen LogP contribution in [-0.4, -0.2) is 33.7 Å². The van der Waals surface area contributed by atoms with E-state index in [1.807, 2.05) is 32.7 Å². The summed E-state index contributed by atoms with van der Waals surface area (Å²) >= 11 is 1.35. The van der Waals surface area contributed by atoms with Crippen LogP contribution in [0.15, 0.2) is 0 Å². The molecule has 1 aromatic rings. The van der Waals surface area contributed by atoms with Gasteiger partial charge in [-0.2, -0.15) is 4.37 Å². The van der Waals surface area contributed by atoms with E-state index in [0.717, 1.165) is 11.0 Å². The molecular weight excluding hydrogens is 186 g/mol. The summed E-state index contributed by atoms with van der Waals surface area (Å²) in [6.07, 6.45) is 0. The first kappa shape index (κ1) is 10.4. The van der Waals surface area contributed by atoms with E-state index < -0.39 is 0 Å². The Kier molecular flexibility index (Phi) is 2.87. The highest BCUT2D eigenvalue weighted by Gasteiger charge is 2.24. The van der Waals surface area contributed by atoms with Crippen LogP contribution >= 0.6 is 11.5 Å². The quantitative estimate of drug-likeness (QED) is 0.794. The Morgan fingerprint density at radius 3 is 2.54 bits per heavy atom. The van der Waals surface area contributed by atoms with Gasteiger partial charge in [-0.05, 0) is 20.8 Å². The molecule has 0 aliphatic heterocycles. The summed E-state index contributed by atoms with van der Waals surface area (Å²) in [5, 5.41) is 9.99. The molecule has 0 unspecified atom stereocenters. The maximum atomic E-state index is 9.15. The molecule has 0 atom stereocenters. The number of hydrogen-bond acceptors (Lipinski definition) is 5. The molecule has 13 heavy (non-hydrogen) atoms. The number of aryl methyl sites for hydroxylation is 1. The van der Waals surface area contributed by atoms with Crippen molar-refractivity contribution in [2.24, 2.45) is 0 Å². The normalized spacial score (nSPS) is 11.8. The molecule has 0 radical (unpaired) electrons. The molecular formula is C8H15N3OS. The predicted molar refractivity (Wildman–Crippen MR) is 54.2 cm³/mol. The lowest BCUT2D eigenvalue weighted by Crippen LogP contribution is -2.44. The maximum absolute atomic E-state index is 9.15. The van der Waals surface area contributed by atoms with Crippen LogP contribution in [0.1, 0.15) is 19.7 Å². The Hall–Kier alpha value is -0.680. The van der Waals surface area contributed by atoms with Crippen molar-refractivity contribution in [1.82, 2.24) is 9.36 Å². The van der Waals surface area contributed by atoms with Gasteiger partial charge in [0.15, 0.2) is 0 Å². The Bertz CT molecular complexity index is 285. The van der Waals surface area contributed by atoms with Gasteiger partial charge in [-0.3, -0.25) is 0 Å². The molecule has 74 valence electrons. The van der Waals surface area contributed by atoms with Crippen molar-refractivity contribution in [3.05, 3.63) is 5.82 Å². The maximum Gasteiger partial charge on any atom is 0.205 e. The predicted octanol–water partition coefficient (Wildman–Crippen LogP) is 1.05. The van der Waals surface area contributed by atoms with Crippen LogP contribution < -0.4 is 4.90 Å². The molecule has 4 nitrogen and oxygen atoms in total. The van der Waals surface area contributed by atoms with Crippen molar-refractivity contribution in [3.63, 3.8) is 0 Å². The van der Waals surface area contributed by atoms with Crippen molar-refractivity contribution < 1.29 is 5.11 Å². The first-order valence-corrected chi connectivity index (χ1v) is 4.90. The summed E-state index contributed by atoms with van der Waals surface area (Å²) in [5.41, 5.74) is -0.286. The SMILES string of the molecule is Cc1nsc(N(C)C(C)(C)CO)n1. The highest BCUT2D eigenvalue weighted by Crippen LogP contribution is 2.23. The summed E-state index contributed by atoms with van der Waals surface area (Å²) in [7, 11) is 1.91. The largest absolute Gasteiger partial charge is 0.394 e. The number of nitrogens with zero attached hydrogens (tertiary/aromatic N) is 3. The summed E-state index contributed by atoms with van der Waals surface area (Å²) in [6, 6.07) is 0. The smallest absolute Gasteiger partial charge is 0.205 e. The zero-order valence-electron chi connectivity index (χ0n) is 8.40. The summed E-state index contributed by atoms with van der Waals surface area (Å²) in [6.45, 7) is 5.88. The first-order chi connectivity index (χ1) is 5.97. The molecule has 0 aromatic carbocycles. The number of aliphatic hydroxyl groups is 1. The molecule has 0 spiro atoms. The second-order valence-corrected chi connectivity index (χ2v) is 4.38. The number of rotatable bonds is 3. The third-order valence-corrected chi connectivity index (χ3v) is 2.98. The lowest BCUT2D eigenvalue weighted by molar-refractivity contribution is 0.216. The van der Waals surface area contributed by atoms with Crippen LogP contribution in [0.3, 0.4) is 0 Å². The fourth-order valence-electron chi connectivity index (χ4n) is 0.787. The average molecular weight is 201 g/mol. The lowest BCUT2D eigenvalue weighted by atomic mass is 10.1. The fourth-order valence-corrected chi connectivity index (χ4v) is 1.58. The summed E-state index contributed by atoms with van der Waals surface area (Å²) in [5.74, 6) is 0.778. The third-order valence-electron chi connectivity index (χ3n) is 2.10. The first-order valence-electron chi connectivity index (χ1n) is 4.12. The zero-order valence-corrected chi connectivity index (χ0v) is 9.22. The van der Waals surface area contributed by atoms with Crippen LogP contribution in [0, 0.1) is 6.92 Å². The van der Waals surface area contributed by atoms with E-state index in [-0.39, 0.29) is 12.1 Å². The van der Waals surface area contributed by atoms with E-state index in [0.29, 0.717) is 0 Å². The minimum atomic E-state index is -0.286. The number of anilines is 1. The number of hydrogen-bond donors (Lipinski definition) is 1. The van der Waals surface area contributed by atoms with Crippen molar-refractivity contribution in [3.8, 4) is 0 Å². The van der Waals surface area contributed by atoms with Crippen molar-refractivity contribution >= 4 is 16.7 Å². The van der Waals surface area contributed by atoms with Crippen LogP contribution in [0.25, 0.3) is 0 Å². The summed E-state index contributed by atoms with van der Waals surface area (Å²) < 4.78 is 4.09. The average Bonchev–Trinajstić information content (AvgIpc) is 2.50. The highest BCUT2D eigenvalue weighted by molar-refractivity contribution is 7.09. The molecule has 0 aliphatic carbocycles. The number of likely N-dealkylation sites (N-methyl/N-ethyl adjacent to an activating group) is 1. The van der Waals surface area contributed by atoms with Crippen molar-refractivity contribution in [2.75, 3.05) is 18.6 Å². The van der Waals surface area contributed by atoms with Gasteiger partial charge in [0.05, 0.1) is 12.1 Å². The molecule has 0 amide bonds. The third kappa shape index (κ3) is 2.16. The van der Waals surface area contributed by atoms with Crippen LogP contribution in [0.2, 0.25) is 0 Å². The lowest BCUT2D eigenvalue weighted by Gasteiger charge is -2.33. The molecule has 1 rings (SSSR count). The molecule has 1 heterocycles. The number of aliphatic hydroxyl groups excluding tert-OH is 1. The van der Waals surface area contributed by atoms with Gasteiger partial charge in [-0.25, -0.2) is 4.98 Å². The minimum absolute atomic E-state index is 0.0993. The van der Waals surface area contributed by atoms with Crippen LogP contribution in [-0.2, 0) is 0 Å². The Labute approximate surface area is 82.4 Å². The van der Waals surface area contributed by atoms with E-state index in [1.54, 1.807) is 0 Å². The van der Waals surface area contributed by atoms with E-state index in [1.165, 1.54) is 11.5 Å². The van der Waals surface area contributed by atoms with Gasteiger partial charge in [0.25, 0.3) is 0 Å². The Morgan fingerprint density at radius 2 is 2.15 bits per heavy atom. The Morgan fingerprint density at radius 1 is 1.54 bits per heavy atom. The van der Waals surface area contributed by atoms with E-state index in [2.05, 4.69) is 9.36 Å². The minimum Gasteiger partial charge on any atom is -0.394 e. The Balaban J connectivity index is 2.84. The molecule has 1 N–H and O–H groups in total. The van der Waals surface area contributed by atoms with Gasteiger partial charge < -0.3 is 10.0 Å². The second kappa shape index (κ2) is 3.59. The van der Waals surface area contributed by atoms with E-state index >= 15 is 0 Å². The van der Waals surface area contributed by atoms with Gasteiger partial charge in [-0.1, -0.05) is 0 Å². The topological polar surface area (TPSA) is 49.2 Å². The highest BCUT2D eigenvalue weighted by atomic mass is 32.1. The van der Waals surface area contributed by atoms with E-state index in [9.17, 15) is 0 Å². The van der Waals surface area contributed by atoms with Crippen molar-refractivity contribution in [1.29, 1.82) is 0 Å². The van der Waals surface area contributed by atoms with E-state index in [4.69, 9.17) is 5.11 Å². The van der Waals surface area contributed by atoms with Crippen LogP contribution in [0.5, 0.6) is 0 Å². The van der Waals surface area contributed by atoms with Gasteiger partial charge >= 0.3 is 0 Å². The van der Waals surface area contributed by atoms with Gasteiger partial charge in [-0.15, -0.1) is 0 Å². The second-order valence-electron chi connectivity index (χ2n) is 3.65. The van der Waals surface area contributed by atoms with Gasteiger partial charge in [0.1, 0.15) is 5.82 Å².